The Labute approximate surface area is 126 Å². The lowest BCUT2D eigenvalue weighted by atomic mass is 10.1. The molecule has 0 saturated carbocycles. The van der Waals surface area contributed by atoms with Gasteiger partial charge in [0.1, 0.15) is 18.2 Å². The first kappa shape index (κ1) is 15.4. The number of nitrogen functional groups attached to an aromatic ring is 1. The predicted molar refractivity (Wildman–Crippen MR) is 71.9 cm³/mol. The van der Waals surface area contributed by atoms with Gasteiger partial charge in [-0.05, 0) is 5.53 Å². The summed E-state index contributed by atoms with van der Waals surface area (Å²) in [5, 5.41) is 22.2. The van der Waals surface area contributed by atoms with Crippen LogP contribution in [-0.4, -0.2) is 49.4 Å². The second-order valence-electron chi connectivity index (χ2n) is 4.93. The van der Waals surface area contributed by atoms with Crippen LogP contribution in [0.4, 0.5) is 14.6 Å². The summed E-state index contributed by atoms with van der Waals surface area (Å²) in [7, 11) is 0. The Balaban J connectivity index is 2.13. The van der Waals surface area contributed by atoms with Gasteiger partial charge in [-0.3, -0.25) is 4.57 Å². The van der Waals surface area contributed by atoms with Crippen LogP contribution in [0.25, 0.3) is 21.5 Å². The molecule has 2 aromatic heterocycles. The maximum absolute atomic E-state index is 14.4. The van der Waals surface area contributed by atoms with Gasteiger partial charge in [0.05, 0.1) is 12.0 Å². The van der Waals surface area contributed by atoms with Crippen LogP contribution in [0.15, 0.2) is 17.6 Å². The summed E-state index contributed by atoms with van der Waals surface area (Å²) in [6, 6.07) is 0. The molecule has 3 rings (SSSR count). The van der Waals surface area contributed by atoms with Crippen LogP contribution in [-0.2, 0) is 4.74 Å². The molecule has 122 valence electrons. The van der Waals surface area contributed by atoms with E-state index in [1.165, 1.54) is 0 Å². The average Bonchev–Trinajstić information content (AvgIpc) is 2.99. The van der Waals surface area contributed by atoms with E-state index >= 15 is 0 Å². The van der Waals surface area contributed by atoms with Crippen molar-refractivity contribution in [3.63, 3.8) is 0 Å². The monoisotopic (exact) mass is 327 g/mol. The fourth-order valence-electron chi connectivity index (χ4n) is 2.54. The standard InChI is InChI=1S/C11H11F2N7O3/c12-4-1-20(9-5(4)8(14)16-3-17-9)10-6(13)7(22)11(2-21,23-10)18-19-15/h1,3,6-7,10,21-22H,2H2,(H2,14,16,17)/t6-,7-,10+,11?/m0/s1. The molecule has 0 amide bonds. The van der Waals surface area contributed by atoms with Gasteiger partial charge in [-0.2, -0.15) is 0 Å². The smallest absolute Gasteiger partial charge is 0.201 e. The number of ether oxygens (including phenoxy) is 1. The largest absolute Gasteiger partial charge is 0.393 e. The van der Waals surface area contributed by atoms with Crippen molar-refractivity contribution in [2.45, 2.75) is 24.2 Å². The maximum atomic E-state index is 14.4. The van der Waals surface area contributed by atoms with Crippen LogP contribution in [0.1, 0.15) is 6.23 Å². The average molecular weight is 327 g/mol. The minimum absolute atomic E-state index is 0.0653. The number of aliphatic hydroxyl groups is 2. The summed E-state index contributed by atoms with van der Waals surface area (Å²) in [6.45, 7) is -0.964. The minimum atomic E-state index is -2.22. The minimum Gasteiger partial charge on any atom is -0.393 e. The third-order valence-electron chi connectivity index (χ3n) is 3.67. The highest BCUT2D eigenvalue weighted by molar-refractivity contribution is 5.86. The van der Waals surface area contributed by atoms with Crippen LogP contribution >= 0.6 is 0 Å². The number of rotatable bonds is 3. The topological polar surface area (TPSA) is 155 Å². The molecule has 0 aliphatic carbocycles. The summed E-state index contributed by atoms with van der Waals surface area (Å²) < 4.78 is 34.6. The van der Waals surface area contributed by atoms with Crippen LogP contribution in [0.5, 0.6) is 0 Å². The number of aliphatic hydroxyl groups excluding tert-OH is 2. The van der Waals surface area contributed by atoms with Gasteiger partial charge in [0.15, 0.2) is 23.9 Å². The molecule has 0 bridgehead atoms. The van der Waals surface area contributed by atoms with E-state index in [0.717, 1.165) is 17.1 Å². The van der Waals surface area contributed by atoms with E-state index < -0.39 is 36.7 Å². The lowest BCUT2D eigenvalue weighted by Crippen LogP contribution is -2.43. The molecule has 0 aromatic carbocycles. The summed E-state index contributed by atoms with van der Waals surface area (Å²) >= 11 is 0. The maximum Gasteiger partial charge on any atom is 0.201 e. The molecule has 1 unspecified atom stereocenters. The number of hydrogen-bond acceptors (Lipinski definition) is 7. The first-order valence-electron chi connectivity index (χ1n) is 6.38. The van der Waals surface area contributed by atoms with Gasteiger partial charge in [0.2, 0.25) is 5.72 Å². The van der Waals surface area contributed by atoms with E-state index in [1.807, 2.05) is 0 Å². The van der Waals surface area contributed by atoms with Gasteiger partial charge < -0.3 is 20.7 Å². The number of nitrogens with zero attached hydrogens (tertiary/aromatic N) is 6. The van der Waals surface area contributed by atoms with Crippen molar-refractivity contribution in [1.29, 1.82) is 0 Å². The Morgan fingerprint density at radius 2 is 2.30 bits per heavy atom. The van der Waals surface area contributed by atoms with Gasteiger partial charge in [0.25, 0.3) is 0 Å². The normalized spacial score (nSPS) is 30.5. The fourth-order valence-corrected chi connectivity index (χ4v) is 2.54. The highest BCUT2D eigenvalue weighted by Gasteiger charge is 2.56. The summed E-state index contributed by atoms with van der Waals surface area (Å²) in [6.07, 6.45) is -3.71. The molecular formula is C11H11F2N7O3. The van der Waals surface area contributed by atoms with E-state index in [4.69, 9.17) is 16.0 Å². The highest BCUT2D eigenvalue weighted by atomic mass is 19.1. The van der Waals surface area contributed by atoms with Gasteiger partial charge in [-0.25, -0.2) is 18.7 Å². The van der Waals surface area contributed by atoms with Gasteiger partial charge in [-0.1, -0.05) is 5.11 Å². The molecule has 1 saturated heterocycles. The van der Waals surface area contributed by atoms with Crippen molar-refractivity contribution in [1.82, 2.24) is 14.5 Å². The molecule has 0 radical (unpaired) electrons. The molecule has 4 N–H and O–H groups in total. The molecule has 23 heavy (non-hydrogen) atoms. The van der Waals surface area contributed by atoms with Gasteiger partial charge in [0, 0.05) is 11.1 Å². The molecule has 12 heteroatoms. The van der Waals surface area contributed by atoms with Crippen molar-refractivity contribution < 1.29 is 23.7 Å². The number of fused-ring (bicyclic) bond motifs is 1. The molecule has 10 nitrogen and oxygen atoms in total. The summed E-state index contributed by atoms with van der Waals surface area (Å²) in [5.41, 5.74) is 11.8. The number of nitrogens with two attached hydrogens (primary N) is 1. The number of aromatic nitrogens is 3. The number of azide groups is 1. The first-order chi connectivity index (χ1) is 10.9. The molecule has 4 atom stereocenters. The molecule has 0 spiro atoms. The van der Waals surface area contributed by atoms with Crippen molar-refractivity contribution >= 4 is 16.9 Å². The Bertz CT molecular complexity index is 808. The summed E-state index contributed by atoms with van der Waals surface area (Å²) in [4.78, 5) is 9.90. The zero-order valence-electron chi connectivity index (χ0n) is 11.4. The van der Waals surface area contributed by atoms with E-state index in [0.29, 0.717) is 0 Å². The van der Waals surface area contributed by atoms with Crippen molar-refractivity contribution in [3.8, 4) is 0 Å². The molecule has 3 heterocycles. The Morgan fingerprint density at radius 3 is 2.96 bits per heavy atom. The van der Waals surface area contributed by atoms with Crippen LogP contribution in [0.2, 0.25) is 0 Å². The third kappa shape index (κ3) is 2.08. The molecular weight excluding hydrogens is 316 g/mol. The van der Waals surface area contributed by atoms with E-state index in [1.54, 1.807) is 0 Å². The number of halogens is 2. The lowest BCUT2D eigenvalue weighted by Gasteiger charge is -2.23. The van der Waals surface area contributed by atoms with Crippen molar-refractivity contribution in [3.05, 3.63) is 28.8 Å². The lowest BCUT2D eigenvalue weighted by molar-refractivity contribution is -0.122. The number of hydrogen-bond donors (Lipinski definition) is 3. The second kappa shape index (κ2) is 5.28. The predicted octanol–water partition coefficient (Wildman–Crippen LogP) is 0.379. The number of anilines is 1. The van der Waals surface area contributed by atoms with E-state index in [-0.39, 0.29) is 16.9 Å². The van der Waals surface area contributed by atoms with E-state index in [9.17, 15) is 19.0 Å². The SMILES string of the molecule is [N-]=[N+]=NC1(CO)O[C@@H](n2cc(F)c3c(N)ncnc32)[C@@H](F)[C@@H]1O. The zero-order valence-corrected chi connectivity index (χ0v) is 11.4. The quantitative estimate of drug-likeness (QED) is 0.420. The van der Waals surface area contributed by atoms with E-state index in [2.05, 4.69) is 20.0 Å². The molecule has 1 aliphatic rings. The second-order valence-corrected chi connectivity index (χ2v) is 4.93. The highest BCUT2D eigenvalue weighted by Crippen LogP contribution is 2.41. The van der Waals surface area contributed by atoms with Gasteiger partial charge >= 0.3 is 0 Å². The Kier molecular flexibility index (Phi) is 3.53. The van der Waals surface area contributed by atoms with Gasteiger partial charge in [-0.15, -0.1) is 0 Å². The first-order valence-corrected chi connectivity index (χ1v) is 6.38. The summed E-state index contributed by atoms with van der Waals surface area (Å²) in [5.74, 6) is -0.961. The Hall–Kier alpha value is -2.53. The fraction of sp³-hybridized carbons (Fsp3) is 0.455. The molecule has 1 fully saturated rings. The van der Waals surface area contributed by atoms with Crippen LogP contribution in [0.3, 0.4) is 0 Å². The van der Waals surface area contributed by atoms with Crippen LogP contribution in [0, 0.1) is 5.82 Å². The Morgan fingerprint density at radius 1 is 1.57 bits per heavy atom. The van der Waals surface area contributed by atoms with Crippen molar-refractivity contribution in [2.75, 3.05) is 12.3 Å². The third-order valence-corrected chi connectivity index (χ3v) is 3.67. The van der Waals surface area contributed by atoms with Crippen molar-refractivity contribution in [2.24, 2.45) is 5.11 Å². The number of alkyl halides is 1. The molecule has 2 aromatic rings. The zero-order chi connectivity index (χ0) is 16.8. The molecule has 1 aliphatic heterocycles. The van der Waals surface area contributed by atoms with Crippen LogP contribution < -0.4 is 5.73 Å².